The van der Waals surface area contributed by atoms with Crippen molar-refractivity contribution in [2.24, 2.45) is 0 Å². The van der Waals surface area contributed by atoms with Crippen molar-refractivity contribution in [3.63, 3.8) is 0 Å². The molecule has 0 aliphatic carbocycles. The van der Waals surface area contributed by atoms with Gasteiger partial charge in [-0.25, -0.2) is 0 Å². The predicted octanol–water partition coefficient (Wildman–Crippen LogP) is 0.456. The van der Waals surface area contributed by atoms with Gasteiger partial charge in [0.1, 0.15) is 0 Å². The third-order valence-corrected chi connectivity index (χ3v) is 1.69. The Kier molecular flexibility index (Phi) is 3.40. The lowest BCUT2D eigenvalue weighted by Crippen LogP contribution is -2.23. The second-order valence-electron chi connectivity index (χ2n) is 2.67. The van der Waals surface area contributed by atoms with Gasteiger partial charge in [0, 0.05) is 18.1 Å². The van der Waals surface area contributed by atoms with Crippen LogP contribution in [-0.2, 0) is 0 Å². The van der Waals surface area contributed by atoms with E-state index in [1.54, 1.807) is 12.3 Å². The summed E-state index contributed by atoms with van der Waals surface area (Å²) in [4.78, 5) is 15.3. The van der Waals surface area contributed by atoms with Crippen molar-refractivity contribution in [1.82, 2.24) is 10.3 Å². The standard InChI is InChI=1S/C9H13N3O/c1-2-11-6-9(13)7-5-12-4-3-8(7)10/h3-5,11H,2,6H2,1H3,(H2,10,12). The molecule has 0 aliphatic rings. The minimum Gasteiger partial charge on any atom is -0.398 e. The van der Waals surface area contributed by atoms with Gasteiger partial charge < -0.3 is 11.1 Å². The van der Waals surface area contributed by atoms with Crippen molar-refractivity contribution in [2.75, 3.05) is 18.8 Å². The number of carbonyl (C=O) groups excluding carboxylic acids is 1. The fraction of sp³-hybridized carbons (Fsp3) is 0.333. The smallest absolute Gasteiger partial charge is 0.180 e. The Balaban J connectivity index is 2.71. The van der Waals surface area contributed by atoms with Gasteiger partial charge in [0.25, 0.3) is 0 Å². The normalized spacial score (nSPS) is 9.92. The molecule has 0 atom stereocenters. The molecule has 4 heteroatoms. The van der Waals surface area contributed by atoms with Crippen LogP contribution in [0.15, 0.2) is 18.5 Å². The fourth-order valence-electron chi connectivity index (χ4n) is 0.972. The minimum atomic E-state index is -0.0209. The van der Waals surface area contributed by atoms with Crippen molar-refractivity contribution < 1.29 is 4.79 Å². The average molecular weight is 179 g/mol. The maximum absolute atomic E-state index is 11.4. The third-order valence-electron chi connectivity index (χ3n) is 1.69. The Morgan fingerprint density at radius 2 is 2.46 bits per heavy atom. The van der Waals surface area contributed by atoms with Crippen LogP contribution in [0.5, 0.6) is 0 Å². The Bertz CT molecular complexity index is 299. The molecule has 0 saturated carbocycles. The number of ketones is 1. The van der Waals surface area contributed by atoms with Crippen molar-refractivity contribution >= 4 is 11.5 Å². The van der Waals surface area contributed by atoms with Gasteiger partial charge in [-0.2, -0.15) is 0 Å². The molecule has 1 aromatic rings. The number of Topliss-reactive ketones (excluding diaryl/α,β-unsaturated/α-hetero) is 1. The van der Waals surface area contributed by atoms with Gasteiger partial charge in [0.15, 0.2) is 5.78 Å². The molecule has 1 heterocycles. The number of nitrogens with one attached hydrogen (secondary N) is 1. The van der Waals surface area contributed by atoms with Crippen LogP contribution in [0, 0.1) is 0 Å². The monoisotopic (exact) mass is 179 g/mol. The Hall–Kier alpha value is -1.42. The van der Waals surface area contributed by atoms with E-state index in [0.717, 1.165) is 6.54 Å². The summed E-state index contributed by atoms with van der Waals surface area (Å²) in [5.41, 5.74) is 6.58. The van der Waals surface area contributed by atoms with Crippen LogP contribution in [0.25, 0.3) is 0 Å². The number of carbonyl (C=O) groups is 1. The maximum atomic E-state index is 11.4. The molecule has 70 valence electrons. The lowest BCUT2D eigenvalue weighted by molar-refractivity contribution is 0.0992. The highest BCUT2D eigenvalue weighted by molar-refractivity contribution is 6.01. The Labute approximate surface area is 77.2 Å². The number of hydrogen-bond donors (Lipinski definition) is 2. The summed E-state index contributed by atoms with van der Waals surface area (Å²) in [6.07, 6.45) is 3.06. The molecule has 0 bridgehead atoms. The molecule has 0 spiro atoms. The lowest BCUT2D eigenvalue weighted by atomic mass is 10.1. The zero-order valence-electron chi connectivity index (χ0n) is 7.58. The molecule has 1 rings (SSSR count). The molecule has 0 aromatic carbocycles. The Morgan fingerprint density at radius 3 is 3.08 bits per heavy atom. The second-order valence-corrected chi connectivity index (χ2v) is 2.67. The van der Waals surface area contributed by atoms with E-state index in [1.165, 1.54) is 6.20 Å². The summed E-state index contributed by atoms with van der Waals surface area (Å²) in [7, 11) is 0. The molecule has 13 heavy (non-hydrogen) atoms. The number of anilines is 1. The van der Waals surface area contributed by atoms with Gasteiger partial charge in [0.2, 0.25) is 0 Å². The topological polar surface area (TPSA) is 68.0 Å². The fourth-order valence-corrected chi connectivity index (χ4v) is 0.972. The quantitative estimate of drug-likeness (QED) is 0.659. The number of hydrogen-bond acceptors (Lipinski definition) is 4. The highest BCUT2D eigenvalue weighted by Gasteiger charge is 2.07. The summed E-state index contributed by atoms with van der Waals surface area (Å²) >= 11 is 0. The van der Waals surface area contributed by atoms with Crippen molar-refractivity contribution in [2.45, 2.75) is 6.92 Å². The lowest BCUT2D eigenvalue weighted by Gasteiger charge is -2.03. The molecule has 0 amide bonds. The number of nitrogens with two attached hydrogens (primary N) is 1. The van der Waals surface area contributed by atoms with Gasteiger partial charge in [-0.1, -0.05) is 6.92 Å². The number of pyridine rings is 1. The van der Waals surface area contributed by atoms with Gasteiger partial charge in [0.05, 0.1) is 12.1 Å². The first-order valence-electron chi connectivity index (χ1n) is 4.19. The minimum absolute atomic E-state index is 0.0209. The van der Waals surface area contributed by atoms with Crippen molar-refractivity contribution in [3.8, 4) is 0 Å². The van der Waals surface area contributed by atoms with Crippen LogP contribution < -0.4 is 11.1 Å². The number of rotatable bonds is 4. The zero-order chi connectivity index (χ0) is 9.68. The molecule has 0 saturated heterocycles. The first-order chi connectivity index (χ1) is 6.25. The Morgan fingerprint density at radius 1 is 1.69 bits per heavy atom. The number of likely N-dealkylation sites (N-methyl/N-ethyl adjacent to an activating group) is 1. The molecular formula is C9H13N3O. The third kappa shape index (κ3) is 2.52. The van der Waals surface area contributed by atoms with E-state index in [-0.39, 0.29) is 5.78 Å². The summed E-state index contributed by atoms with van der Waals surface area (Å²) in [6.45, 7) is 3.03. The van der Waals surface area contributed by atoms with Crippen LogP contribution in [0.3, 0.4) is 0 Å². The summed E-state index contributed by atoms with van der Waals surface area (Å²) < 4.78 is 0. The van der Waals surface area contributed by atoms with Gasteiger partial charge >= 0.3 is 0 Å². The van der Waals surface area contributed by atoms with Gasteiger partial charge in [-0.15, -0.1) is 0 Å². The number of nitrogen functional groups attached to an aromatic ring is 1. The van der Waals surface area contributed by atoms with E-state index in [9.17, 15) is 4.79 Å². The molecule has 3 N–H and O–H groups in total. The molecule has 0 fully saturated rings. The molecule has 0 unspecified atom stereocenters. The van der Waals surface area contributed by atoms with Crippen LogP contribution in [0.4, 0.5) is 5.69 Å². The molecule has 4 nitrogen and oxygen atoms in total. The van der Waals surface area contributed by atoms with E-state index in [4.69, 9.17) is 5.73 Å². The highest BCUT2D eigenvalue weighted by Crippen LogP contribution is 2.08. The number of nitrogens with zero attached hydrogens (tertiary/aromatic N) is 1. The molecular weight excluding hydrogens is 166 g/mol. The number of aromatic nitrogens is 1. The van der Waals surface area contributed by atoms with Crippen LogP contribution >= 0.6 is 0 Å². The van der Waals surface area contributed by atoms with Crippen LogP contribution in [-0.4, -0.2) is 23.9 Å². The van der Waals surface area contributed by atoms with E-state index >= 15 is 0 Å². The first-order valence-corrected chi connectivity index (χ1v) is 4.19. The van der Waals surface area contributed by atoms with Crippen molar-refractivity contribution in [1.29, 1.82) is 0 Å². The highest BCUT2D eigenvalue weighted by atomic mass is 16.1. The van der Waals surface area contributed by atoms with E-state index in [0.29, 0.717) is 17.8 Å². The van der Waals surface area contributed by atoms with E-state index in [2.05, 4.69) is 10.3 Å². The van der Waals surface area contributed by atoms with Gasteiger partial charge in [-0.05, 0) is 12.6 Å². The van der Waals surface area contributed by atoms with Crippen molar-refractivity contribution in [3.05, 3.63) is 24.0 Å². The second kappa shape index (κ2) is 4.57. The summed E-state index contributed by atoms with van der Waals surface area (Å²) in [6, 6.07) is 1.62. The predicted molar refractivity (Wildman–Crippen MR) is 51.5 cm³/mol. The van der Waals surface area contributed by atoms with E-state index in [1.807, 2.05) is 6.92 Å². The van der Waals surface area contributed by atoms with E-state index < -0.39 is 0 Å². The van der Waals surface area contributed by atoms with Crippen LogP contribution in [0.2, 0.25) is 0 Å². The molecule has 0 aliphatic heterocycles. The van der Waals surface area contributed by atoms with Gasteiger partial charge in [-0.3, -0.25) is 9.78 Å². The molecule has 0 radical (unpaired) electrons. The molecule has 1 aromatic heterocycles. The summed E-state index contributed by atoms with van der Waals surface area (Å²) in [5.74, 6) is -0.0209. The largest absolute Gasteiger partial charge is 0.398 e. The zero-order valence-corrected chi connectivity index (χ0v) is 7.58. The maximum Gasteiger partial charge on any atom is 0.180 e. The first kappa shape index (κ1) is 9.67. The average Bonchev–Trinajstić information content (AvgIpc) is 2.15. The van der Waals surface area contributed by atoms with Crippen LogP contribution in [0.1, 0.15) is 17.3 Å². The SMILES string of the molecule is CCNCC(=O)c1cnccc1N. The summed E-state index contributed by atoms with van der Waals surface area (Å²) in [5, 5.41) is 2.94.